The molecule has 3 nitrogen and oxygen atoms in total. The van der Waals surface area contributed by atoms with Gasteiger partial charge in [0.25, 0.3) is 0 Å². The SMILES string of the molecule is CCNCc1cc(N(C)C(C)C)ncc1Cl. The number of pyridine rings is 1. The highest BCUT2D eigenvalue weighted by atomic mass is 35.5. The van der Waals surface area contributed by atoms with E-state index in [-0.39, 0.29) is 0 Å². The third-order valence-electron chi connectivity index (χ3n) is 2.62. The second-order valence-electron chi connectivity index (χ2n) is 4.12. The molecule has 0 atom stereocenters. The Morgan fingerprint density at radius 1 is 1.50 bits per heavy atom. The molecule has 0 radical (unpaired) electrons. The van der Waals surface area contributed by atoms with Crippen LogP contribution in [-0.2, 0) is 6.54 Å². The van der Waals surface area contributed by atoms with Crippen molar-refractivity contribution in [2.45, 2.75) is 33.4 Å². The smallest absolute Gasteiger partial charge is 0.128 e. The van der Waals surface area contributed by atoms with E-state index < -0.39 is 0 Å². The Morgan fingerprint density at radius 3 is 2.75 bits per heavy atom. The van der Waals surface area contributed by atoms with Crippen molar-refractivity contribution in [2.75, 3.05) is 18.5 Å². The normalized spacial score (nSPS) is 10.9. The summed E-state index contributed by atoms with van der Waals surface area (Å²) in [7, 11) is 2.04. The van der Waals surface area contributed by atoms with Crippen molar-refractivity contribution < 1.29 is 0 Å². The van der Waals surface area contributed by atoms with Crippen molar-refractivity contribution in [3.63, 3.8) is 0 Å². The van der Waals surface area contributed by atoms with Gasteiger partial charge in [0.2, 0.25) is 0 Å². The fourth-order valence-electron chi connectivity index (χ4n) is 1.32. The number of halogens is 1. The highest BCUT2D eigenvalue weighted by molar-refractivity contribution is 6.31. The van der Waals surface area contributed by atoms with E-state index in [1.54, 1.807) is 6.20 Å². The van der Waals surface area contributed by atoms with Crippen molar-refractivity contribution >= 4 is 17.4 Å². The summed E-state index contributed by atoms with van der Waals surface area (Å²) in [6, 6.07) is 2.48. The van der Waals surface area contributed by atoms with Crippen LogP contribution in [0.4, 0.5) is 5.82 Å². The maximum Gasteiger partial charge on any atom is 0.128 e. The van der Waals surface area contributed by atoms with Crippen molar-refractivity contribution in [2.24, 2.45) is 0 Å². The minimum Gasteiger partial charge on any atom is -0.357 e. The third-order valence-corrected chi connectivity index (χ3v) is 2.96. The second kappa shape index (κ2) is 6.06. The van der Waals surface area contributed by atoms with Gasteiger partial charge in [0.15, 0.2) is 0 Å². The van der Waals surface area contributed by atoms with Gasteiger partial charge >= 0.3 is 0 Å². The molecule has 0 aromatic carbocycles. The first-order valence-corrected chi connectivity index (χ1v) is 6.02. The summed E-state index contributed by atoms with van der Waals surface area (Å²) in [5, 5.41) is 3.99. The molecule has 1 N–H and O–H groups in total. The van der Waals surface area contributed by atoms with Crippen LogP contribution in [0.3, 0.4) is 0 Å². The van der Waals surface area contributed by atoms with Gasteiger partial charge in [-0.25, -0.2) is 4.98 Å². The molecule has 0 unspecified atom stereocenters. The quantitative estimate of drug-likeness (QED) is 0.859. The summed E-state index contributed by atoms with van der Waals surface area (Å²) in [6.45, 7) is 8.08. The minimum atomic E-state index is 0.431. The number of hydrogen-bond donors (Lipinski definition) is 1. The summed E-state index contributed by atoms with van der Waals surface area (Å²) in [6.07, 6.45) is 1.72. The number of aromatic nitrogens is 1. The molecule has 0 bridgehead atoms. The summed E-state index contributed by atoms with van der Waals surface area (Å²) in [4.78, 5) is 6.47. The molecule has 0 amide bonds. The average molecular weight is 242 g/mol. The highest BCUT2D eigenvalue weighted by Gasteiger charge is 2.09. The molecule has 90 valence electrons. The Morgan fingerprint density at radius 2 is 2.19 bits per heavy atom. The third kappa shape index (κ3) is 3.35. The summed E-state index contributed by atoms with van der Waals surface area (Å²) >= 11 is 6.10. The molecular formula is C12H20ClN3. The molecule has 0 saturated heterocycles. The molecule has 4 heteroatoms. The van der Waals surface area contributed by atoms with Crippen molar-refractivity contribution in [3.05, 3.63) is 22.8 Å². The van der Waals surface area contributed by atoms with E-state index in [2.05, 4.69) is 36.0 Å². The Labute approximate surface area is 103 Å². The van der Waals surface area contributed by atoms with Crippen LogP contribution in [0.5, 0.6) is 0 Å². The first-order valence-electron chi connectivity index (χ1n) is 5.64. The van der Waals surface area contributed by atoms with Crippen LogP contribution >= 0.6 is 11.6 Å². The first-order chi connectivity index (χ1) is 7.56. The first kappa shape index (κ1) is 13.3. The van der Waals surface area contributed by atoms with Gasteiger partial charge in [-0.2, -0.15) is 0 Å². The molecule has 0 aliphatic heterocycles. The minimum absolute atomic E-state index is 0.431. The van der Waals surface area contributed by atoms with Gasteiger partial charge in [-0.3, -0.25) is 0 Å². The zero-order valence-electron chi connectivity index (χ0n) is 10.4. The fraction of sp³-hybridized carbons (Fsp3) is 0.583. The molecule has 1 heterocycles. The molecule has 1 rings (SSSR count). The van der Waals surface area contributed by atoms with E-state index >= 15 is 0 Å². The number of nitrogens with one attached hydrogen (secondary N) is 1. The Balaban J connectivity index is 2.88. The van der Waals surface area contributed by atoms with Crippen LogP contribution in [0.2, 0.25) is 5.02 Å². The molecule has 1 aromatic rings. The molecule has 0 aliphatic carbocycles. The van der Waals surface area contributed by atoms with Gasteiger partial charge in [0.1, 0.15) is 5.82 Å². The average Bonchev–Trinajstić information content (AvgIpc) is 2.27. The predicted molar refractivity (Wildman–Crippen MR) is 70.2 cm³/mol. The van der Waals surface area contributed by atoms with Gasteiger partial charge in [-0.05, 0) is 32.0 Å². The monoisotopic (exact) mass is 241 g/mol. The van der Waals surface area contributed by atoms with Gasteiger partial charge in [0.05, 0.1) is 5.02 Å². The van der Waals surface area contributed by atoms with Crippen LogP contribution in [0.1, 0.15) is 26.3 Å². The predicted octanol–water partition coefficient (Wildman–Crippen LogP) is 2.69. The summed E-state index contributed by atoms with van der Waals surface area (Å²) < 4.78 is 0. The van der Waals surface area contributed by atoms with Crippen LogP contribution in [0.25, 0.3) is 0 Å². The summed E-state index contributed by atoms with van der Waals surface area (Å²) in [5.74, 6) is 0.965. The number of hydrogen-bond acceptors (Lipinski definition) is 3. The molecular weight excluding hydrogens is 222 g/mol. The van der Waals surface area contributed by atoms with E-state index in [1.807, 2.05) is 13.1 Å². The second-order valence-corrected chi connectivity index (χ2v) is 4.53. The van der Waals surface area contributed by atoms with E-state index in [0.717, 1.165) is 29.5 Å². The molecule has 1 aromatic heterocycles. The van der Waals surface area contributed by atoms with Gasteiger partial charge in [-0.15, -0.1) is 0 Å². The van der Waals surface area contributed by atoms with Crippen molar-refractivity contribution in [1.82, 2.24) is 10.3 Å². The van der Waals surface area contributed by atoms with Crippen LogP contribution in [0, 0.1) is 0 Å². The zero-order chi connectivity index (χ0) is 12.1. The van der Waals surface area contributed by atoms with Gasteiger partial charge < -0.3 is 10.2 Å². The van der Waals surface area contributed by atoms with E-state index in [0.29, 0.717) is 6.04 Å². The zero-order valence-corrected chi connectivity index (χ0v) is 11.2. The molecule has 0 fully saturated rings. The van der Waals surface area contributed by atoms with E-state index in [4.69, 9.17) is 11.6 Å². The van der Waals surface area contributed by atoms with Crippen molar-refractivity contribution in [3.8, 4) is 0 Å². The lowest BCUT2D eigenvalue weighted by Gasteiger charge is -2.23. The molecule has 0 saturated carbocycles. The van der Waals surface area contributed by atoms with E-state index in [9.17, 15) is 0 Å². The standard InChI is InChI=1S/C12H20ClN3/c1-5-14-7-10-6-12(15-8-11(10)13)16(4)9(2)3/h6,8-9,14H,5,7H2,1-4H3. The lowest BCUT2D eigenvalue weighted by molar-refractivity contribution is 0.718. The topological polar surface area (TPSA) is 28.2 Å². The van der Waals surface area contributed by atoms with Crippen LogP contribution < -0.4 is 10.2 Å². The lowest BCUT2D eigenvalue weighted by atomic mass is 10.2. The Hall–Kier alpha value is -0.800. The summed E-state index contributed by atoms with van der Waals surface area (Å²) in [5.41, 5.74) is 1.10. The maximum absolute atomic E-state index is 6.10. The van der Waals surface area contributed by atoms with Crippen LogP contribution in [-0.4, -0.2) is 24.6 Å². The maximum atomic E-state index is 6.10. The molecule has 16 heavy (non-hydrogen) atoms. The molecule has 0 aliphatic rings. The van der Waals surface area contributed by atoms with Gasteiger partial charge in [0, 0.05) is 25.8 Å². The number of nitrogens with zero attached hydrogens (tertiary/aromatic N) is 2. The van der Waals surface area contributed by atoms with E-state index in [1.165, 1.54) is 0 Å². The van der Waals surface area contributed by atoms with Gasteiger partial charge in [-0.1, -0.05) is 18.5 Å². The largest absolute Gasteiger partial charge is 0.357 e. The Kier molecular flexibility index (Phi) is 5.03. The Bertz CT molecular complexity index is 339. The number of rotatable bonds is 5. The fourth-order valence-corrected chi connectivity index (χ4v) is 1.49. The highest BCUT2D eigenvalue weighted by Crippen LogP contribution is 2.20. The van der Waals surface area contributed by atoms with Crippen molar-refractivity contribution in [1.29, 1.82) is 0 Å². The molecule has 0 spiro atoms. The van der Waals surface area contributed by atoms with Crippen LogP contribution in [0.15, 0.2) is 12.3 Å². The lowest BCUT2D eigenvalue weighted by Crippen LogP contribution is -2.26. The number of anilines is 1.